The molecule has 0 bridgehead atoms. The molecule has 152 valence electrons. The third-order valence-corrected chi connectivity index (χ3v) is 6.72. The summed E-state index contributed by atoms with van der Waals surface area (Å²) in [5, 5.41) is 19.3. The van der Waals surface area contributed by atoms with Crippen LogP contribution in [-0.2, 0) is 7.05 Å². The Kier molecular flexibility index (Phi) is 3.77. The van der Waals surface area contributed by atoms with E-state index in [1.54, 1.807) is 10.7 Å². The fourth-order valence-electron chi connectivity index (χ4n) is 5.00. The summed E-state index contributed by atoms with van der Waals surface area (Å²) in [6, 6.07) is 11.7. The maximum atomic E-state index is 10.5. The molecule has 0 atom stereocenters. The molecule has 2 aliphatic heterocycles. The fourth-order valence-corrected chi connectivity index (χ4v) is 5.00. The van der Waals surface area contributed by atoms with Gasteiger partial charge < -0.3 is 15.3 Å². The van der Waals surface area contributed by atoms with Crippen molar-refractivity contribution >= 4 is 27.8 Å². The molecule has 7 heteroatoms. The van der Waals surface area contributed by atoms with Crippen LogP contribution in [0.3, 0.4) is 0 Å². The Morgan fingerprint density at radius 1 is 0.967 bits per heavy atom. The molecule has 0 aliphatic carbocycles. The van der Waals surface area contributed by atoms with Gasteiger partial charge in [0.25, 0.3) is 0 Å². The Hall–Kier alpha value is -3.19. The summed E-state index contributed by atoms with van der Waals surface area (Å²) < 4.78 is 1.75. The highest BCUT2D eigenvalue weighted by Crippen LogP contribution is 2.41. The molecule has 2 fully saturated rings. The summed E-state index contributed by atoms with van der Waals surface area (Å²) in [4.78, 5) is 12.2. The molecule has 2 aliphatic rings. The van der Waals surface area contributed by atoms with E-state index >= 15 is 0 Å². The van der Waals surface area contributed by atoms with Gasteiger partial charge >= 0.3 is 0 Å². The molecule has 2 N–H and O–H groups in total. The lowest BCUT2D eigenvalue weighted by Gasteiger charge is -2.55. The number of hydrogen-bond donors (Lipinski definition) is 2. The Morgan fingerprint density at radius 3 is 2.57 bits per heavy atom. The van der Waals surface area contributed by atoms with Crippen LogP contribution < -0.4 is 10.2 Å². The van der Waals surface area contributed by atoms with Gasteiger partial charge in [0.15, 0.2) is 0 Å². The molecule has 0 radical (unpaired) electrons. The zero-order valence-electron chi connectivity index (χ0n) is 17.0. The van der Waals surface area contributed by atoms with Crippen molar-refractivity contribution in [2.45, 2.75) is 24.8 Å². The molecule has 0 saturated carbocycles. The quantitative estimate of drug-likeness (QED) is 0.538. The number of pyridine rings is 2. The number of rotatable bonds is 2. The predicted octanol–water partition coefficient (Wildman–Crippen LogP) is 3.22. The minimum absolute atomic E-state index is 0.186. The second-order valence-corrected chi connectivity index (χ2v) is 8.51. The van der Waals surface area contributed by atoms with Crippen LogP contribution in [0.5, 0.6) is 5.75 Å². The lowest BCUT2D eigenvalue weighted by molar-refractivity contribution is 0.204. The summed E-state index contributed by atoms with van der Waals surface area (Å²) in [5.74, 6) is 1.23. The van der Waals surface area contributed by atoms with Crippen molar-refractivity contribution in [2.24, 2.45) is 7.05 Å². The van der Waals surface area contributed by atoms with Crippen LogP contribution >= 0.6 is 0 Å². The zero-order valence-corrected chi connectivity index (χ0v) is 17.0. The van der Waals surface area contributed by atoms with Gasteiger partial charge in [-0.3, -0.25) is 4.68 Å². The summed E-state index contributed by atoms with van der Waals surface area (Å²) in [6.07, 6.45) is 5.55. The van der Waals surface area contributed by atoms with E-state index in [1.165, 1.54) is 19.3 Å². The number of fused-ring (bicyclic) bond motifs is 2. The van der Waals surface area contributed by atoms with Gasteiger partial charge in [0.2, 0.25) is 0 Å². The zero-order chi connectivity index (χ0) is 20.3. The number of nitrogens with one attached hydrogen (secondary N) is 1. The van der Waals surface area contributed by atoms with Crippen molar-refractivity contribution in [3.8, 4) is 17.0 Å². The molecule has 30 heavy (non-hydrogen) atoms. The van der Waals surface area contributed by atoms with E-state index in [0.29, 0.717) is 5.56 Å². The highest BCUT2D eigenvalue weighted by molar-refractivity contribution is 5.88. The number of phenolic OH excluding ortho intramolecular Hbond substituents is 1. The van der Waals surface area contributed by atoms with Crippen LogP contribution in [-0.4, -0.2) is 50.0 Å². The Bertz CT molecular complexity index is 1270. The van der Waals surface area contributed by atoms with Crippen LogP contribution in [0.4, 0.5) is 5.82 Å². The lowest BCUT2D eigenvalue weighted by Crippen LogP contribution is -2.64. The summed E-state index contributed by atoms with van der Waals surface area (Å²) in [6.45, 7) is 3.24. The minimum atomic E-state index is 0.186. The normalized spacial score (nSPS) is 18.2. The van der Waals surface area contributed by atoms with Gasteiger partial charge in [-0.1, -0.05) is 0 Å². The number of nitrogens with zero attached hydrogens (tertiary/aromatic N) is 5. The molecule has 1 aromatic carbocycles. The van der Waals surface area contributed by atoms with E-state index in [4.69, 9.17) is 9.97 Å². The smallest absolute Gasteiger partial charge is 0.129 e. The second kappa shape index (κ2) is 6.40. The van der Waals surface area contributed by atoms with Crippen molar-refractivity contribution in [1.82, 2.24) is 25.1 Å². The molecule has 3 aromatic heterocycles. The topological polar surface area (TPSA) is 79.1 Å². The molecule has 0 amide bonds. The number of phenols is 1. The van der Waals surface area contributed by atoms with Crippen molar-refractivity contribution in [3.63, 3.8) is 0 Å². The number of hydrogen-bond acceptors (Lipinski definition) is 6. The Morgan fingerprint density at radius 2 is 1.77 bits per heavy atom. The fraction of sp³-hybridized carbons (Fsp3) is 0.348. The average molecular weight is 400 g/mol. The summed E-state index contributed by atoms with van der Waals surface area (Å²) >= 11 is 0. The predicted molar refractivity (Wildman–Crippen MR) is 118 cm³/mol. The first-order valence-corrected chi connectivity index (χ1v) is 10.5. The molecular formula is C23H24N6O. The standard InChI is InChI=1S/C23H24N6O/c1-28-14-15-12-16(21(30)13-20(15)27-28)17-2-3-19-18(25-17)4-5-22(26-19)29-11-8-23(29)6-9-24-10-7-23/h2-5,12-14,24,30H,6-11H2,1H3. The van der Waals surface area contributed by atoms with Gasteiger partial charge in [-0.2, -0.15) is 5.10 Å². The van der Waals surface area contributed by atoms with Gasteiger partial charge in [0.05, 0.1) is 22.2 Å². The number of benzene rings is 1. The number of aryl methyl sites for hydroxylation is 1. The van der Waals surface area contributed by atoms with E-state index < -0.39 is 0 Å². The van der Waals surface area contributed by atoms with Crippen molar-refractivity contribution in [3.05, 3.63) is 42.6 Å². The third kappa shape index (κ3) is 2.65. The summed E-state index contributed by atoms with van der Waals surface area (Å²) in [5.41, 5.74) is 4.21. The number of aromatic hydroxyl groups is 1. The van der Waals surface area contributed by atoms with Crippen LogP contribution in [0.1, 0.15) is 19.3 Å². The maximum absolute atomic E-state index is 10.5. The first-order valence-electron chi connectivity index (χ1n) is 10.5. The SMILES string of the molecule is Cn1cc2cc(-c3ccc4nc(N5CCC56CCNCC6)ccc4n3)c(O)cc2n1. The maximum Gasteiger partial charge on any atom is 0.129 e. The van der Waals surface area contributed by atoms with Gasteiger partial charge in [-0.05, 0) is 62.7 Å². The highest BCUT2D eigenvalue weighted by atomic mass is 16.3. The number of aromatic nitrogens is 4. The van der Waals surface area contributed by atoms with Gasteiger partial charge in [0, 0.05) is 42.3 Å². The number of piperidine rings is 1. The van der Waals surface area contributed by atoms with E-state index in [2.05, 4.69) is 21.4 Å². The lowest BCUT2D eigenvalue weighted by atomic mass is 9.77. The molecule has 5 heterocycles. The van der Waals surface area contributed by atoms with Crippen LogP contribution in [0.2, 0.25) is 0 Å². The van der Waals surface area contributed by atoms with Crippen molar-refractivity contribution < 1.29 is 5.11 Å². The van der Waals surface area contributed by atoms with Crippen LogP contribution in [0.25, 0.3) is 33.2 Å². The Labute approximate surface area is 174 Å². The Balaban J connectivity index is 1.37. The van der Waals surface area contributed by atoms with Crippen LogP contribution in [0.15, 0.2) is 42.6 Å². The van der Waals surface area contributed by atoms with E-state index in [9.17, 15) is 5.11 Å². The van der Waals surface area contributed by atoms with Gasteiger partial charge in [0.1, 0.15) is 11.6 Å². The summed E-state index contributed by atoms with van der Waals surface area (Å²) in [7, 11) is 1.88. The molecule has 0 unspecified atom stereocenters. The molecule has 7 nitrogen and oxygen atoms in total. The third-order valence-electron chi connectivity index (χ3n) is 6.72. The number of anilines is 1. The van der Waals surface area contributed by atoms with E-state index in [-0.39, 0.29) is 11.3 Å². The highest BCUT2D eigenvalue weighted by Gasteiger charge is 2.45. The van der Waals surface area contributed by atoms with Gasteiger partial charge in [-0.25, -0.2) is 9.97 Å². The molecular weight excluding hydrogens is 376 g/mol. The molecule has 4 aromatic rings. The van der Waals surface area contributed by atoms with Crippen molar-refractivity contribution in [2.75, 3.05) is 24.5 Å². The second-order valence-electron chi connectivity index (χ2n) is 8.51. The first-order chi connectivity index (χ1) is 14.6. The van der Waals surface area contributed by atoms with Crippen LogP contribution in [0, 0.1) is 0 Å². The monoisotopic (exact) mass is 400 g/mol. The van der Waals surface area contributed by atoms with E-state index in [0.717, 1.165) is 53.1 Å². The van der Waals surface area contributed by atoms with E-state index in [1.807, 2.05) is 37.5 Å². The average Bonchev–Trinajstić information content (AvgIpc) is 3.11. The molecule has 6 rings (SSSR count). The first kappa shape index (κ1) is 17.7. The molecule has 1 spiro atoms. The molecule has 2 saturated heterocycles. The largest absolute Gasteiger partial charge is 0.507 e. The van der Waals surface area contributed by atoms with Crippen molar-refractivity contribution in [1.29, 1.82) is 0 Å². The van der Waals surface area contributed by atoms with Gasteiger partial charge in [-0.15, -0.1) is 0 Å². The minimum Gasteiger partial charge on any atom is -0.507 e.